The fourth-order valence-electron chi connectivity index (χ4n) is 1.44. The second-order valence-electron chi connectivity index (χ2n) is 3.85. The minimum absolute atomic E-state index is 0.0311. The summed E-state index contributed by atoms with van der Waals surface area (Å²) in [6.07, 6.45) is -0.878. The van der Waals surface area contributed by atoms with E-state index in [4.69, 9.17) is 5.11 Å². The Morgan fingerprint density at radius 2 is 1.79 bits per heavy atom. The zero-order chi connectivity index (χ0) is 14.8. The van der Waals surface area contributed by atoms with Gasteiger partial charge in [0.15, 0.2) is 15.9 Å². The van der Waals surface area contributed by atoms with Crippen LogP contribution in [-0.2, 0) is 14.6 Å². The maximum Gasteiger partial charge on any atom is 0.382 e. The molecule has 2 atom stereocenters. The standard InChI is InChI=1S/C10H11NO7S/c1-19(17,18)7-4-2-6(3-5-7)9(12)8(10(13)14)11(15)16/h2-5,8-9,12H,1H3,(H,13,14). The molecule has 0 saturated heterocycles. The number of sulfone groups is 1. The minimum atomic E-state index is -3.43. The molecule has 0 radical (unpaired) electrons. The number of hydrogen-bond acceptors (Lipinski definition) is 6. The second-order valence-corrected chi connectivity index (χ2v) is 5.87. The normalized spacial score (nSPS) is 14.6. The fourth-order valence-corrected chi connectivity index (χ4v) is 2.07. The highest BCUT2D eigenvalue weighted by molar-refractivity contribution is 7.90. The van der Waals surface area contributed by atoms with E-state index in [0.29, 0.717) is 0 Å². The van der Waals surface area contributed by atoms with Crippen LogP contribution in [0.15, 0.2) is 29.2 Å². The summed E-state index contributed by atoms with van der Waals surface area (Å²) in [5, 5.41) is 28.9. The zero-order valence-electron chi connectivity index (χ0n) is 9.76. The topological polar surface area (TPSA) is 135 Å². The monoisotopic (exact) mass is 289 g/mol. The molecule has 0 bridgehead atoms. The van der Waals surface area contributed by atoms with Crippen LogP contribution in [-0.4, -0.2) is 41.8 Å². The number of nitro groups is 1. The molecule has 9 heteroatoms. The largest absolute Gasteiger partial charge is 0.476 e. The summed E-state index contributed by atoms with van der Waals surface area (Å²) in [7, 11) is -3.43. The average Bonchev–Trinajstić information content (AvgIpc) is 2.27. The van der Waals surface area contributed by atoms with Crippen LogP contribution >= 0.6 is 0 Å². The first kappa shape index (κ1) is 15.1. The first-order chi connectivity index (χ1) is 8.64. The van der Waals surface area contributed by atoms with Gasteiger partial charge in [-0.2, -0.15) is 0 Å². The van der Waals surface area contributed by atoms with Crippen molar-refractivity contribution in [3.8, 4) is 0 Å². The molecule has 0 fully saturated rings. The summed E-state index contributed by atoms with van der Waals surface area (Å²) < 4.78 is 22.4. The number of carboxylic acid groups (broad SMARTS) is 1. The highest BCUT2D eigenvalue weighted by Crippen LogP contribution is 2.21. The summed E-state index contributed by atoms with van der Waals surface area (Å²) in [5.41, 5.74) is -0.0449. The van der Waals surface area contributed by atoms with Gasteiger partial charge in [0.1, 0.15) is 0 Å². The summed E-state index contributed by atoms with van der Waals surface area (Å²) in [4.78, 5) is 20.1. The molecule has 0 heterocycles. The molecule has 1 aromatic carbocycles. The van der Waals surface area contributed by atoms with Crippen molar-refractivity contribution in [3.63, 3.8) is 0 Å². The molecule has 2 unspecified atom stereocenters. The maximum atomic E-state index is 11.2. The third kappa shape index (κ3) is 3.48. The van der Waals surface area contributed by atoms with E-state index in [0.717, 1.165) is 30.5 Å². The highest BCUT2D eigenvalue weighted by atomic mass is 32.2. The van der Waals surface area contributed by atoms with Crippen LogP contribution in [0.25, 0.3) is 0 Å². The van der Waals surface area contributed by atoms with Crippen molar-refractivity contribution in [2.45, 2.75) is 17.0 Å². The number of nitrogens with zero attached hydrogens (tertiary/aromatic N) is 1. The molecule has 0 amide bonds. The summed E-state index contributed by atoms with van der Waals surface area (Å²) in [5.74, 6) is -1.77. The lowest BCUT2D eigenvalue weighted by Crippen LogP contribution is -2.35. The van der Waals surface area contributed by atoms with Crippen LogP contribution < -0.4 is 0 Å². The average molecular weight is 289 g/mol. The lowest BCUT2D eigenvalue weighted by molar-refractivity contribution is -0.522. The predicted octanol–water partition coefficient (Wildman–Crippen LogP) is -0.147. The van der Waals surface area contributed by atoms with E-state index in [-0.39, 0.29) is 10.5 Å². The van der Waals surface area contributed by atoms with Gasteiger partial charge in [0.25, 0.3) is 0 Å². The Labute approximate surface area is 108 Å². The van der Waals surface area contributed by atoms with E-state index in [9.17, 15) is 28.4 Å². The van der Waals surface area contributed by atoms with Gasteiger partial charge in [-0.3, -0.25) is 10.1 Å². The molecule has 0 aromatic heterocycles. The SMILES string of the molecule is CS(=O)(=O)c1ccc(C(O)C(C(=O)O)[N+](=O)[O-])cc1. The molecule has 0 saturated carbocycles. The van der Waals surface area contributed by atoms with Crippen LogP contribution in [0.5, 0.6) is 0 Å². The van der Waals surface area contributed by atoms with Crippen molar-refractivity contribution in [1.82, 2.24) is 0 Å². The van der Waals surface area contributed by atoms with Gasteiger partial charge in [-0.15, -0.1) is 0 Å². The van der Waals surface area contributed by atoms with Crippen molar-refractivity contribution in [2.24, 2.45) is 0 Å². The fraction of sp³-hybridized carbons (Fsp3) is 0.300. The van der Waals surface area contributed by atoms with E-state index in [1.54, 1.807) is 0 Å². The van der Waals surface area contributed by atoms with Crippen molar-refractivity contribution in [1.29, 1.82) is 0 Å². The van der Waals surface area contributed by atoms with E-state index in [1.807, 2.05) is 0 Å². The Balaban J connectivity index is 3.10. The van der Waals surface area contributed by atoms with Crippen molar-refractivity contribution in [3.05, 3.63) is 39.9 Å². The van der Waals surface area contributed by atoms with E-state index < -0.39 is 32.9 Å². The van der Waals surface area contributed by atoms with Gasteiger partial charge in [0, 0.05) is 11.2 Å². The number of carboxylic acids is 1. The zero-order valence-corrected chi connectivity index (χ0v) is 10.6. The molecule has 1 rings (SSSR count). The van der Waals surface area contributed by atoms with Crippen LogP contribution in [0, 0.1) is 10.1 Å². The number of aliphatic hydroxyl groups is 1. The predicted molar refractivity (Wildman–Crippen MR) is 62.9 cm³/mol. The second kappa shape index (κ2) is 5.33. The Morgan fingerprint density at radius 1 is 1.32 bits per heavy atom. The third-order valence-electron chi connectivity index (χ3n) is 2.43. The molecular formula is C10H11NO7S. The molecule has 2 N–H and O–H groups in total. The van der Waals surface area contributed by atoms with Gasteiger partial charge < -0.3 is 10.2 Å². The van der Waals surface area contributed by atoms with Crippen molar-refractivity contribution >= 4 is 15.8 Å². The quantitative estimate of drug-likeness (QED) is 0.568. The lowest BCUT2D eigenvalue weighted by atomic mass is 10.0. The summed E-state index contributed by atoms with van der Waals surface area (Å²) >= 11 is 0. The van der Waals surface area contributed by atoms with Gasteiger partial charge >= 0.3 is 12.0 Å². The Kier molecular flexibility index (Phi) is 4.22. The molecule has 0 aliphatic heterocycles. The number of aliphatic hydroxyl groups excluding tert-OH is 1. The molecule has 19 heavy (non-hydrogen) atoms. The molecule has 0 aliphatic carbocycles. The summed E-state index contributed by atoms with van der Waals surface area (Å²) in [6, 6.07) is 2.37. The van der Waals surface area contributed by atoms with Crippen LogP contribution in [0.4, 0.5) is 0 Å². The molecule has 104 valence electrons. The van der Waals surface area contributed by atoms with Gasteiger partial charge in [-0.05, 0) is 17.7 Å². The van der Waals surface area contributed by atoms with Gasteiger partial charge in [0.05, 0.1) is 4.90 Å². The van der Waals surface area contributed by atoms with E-state index >= 15 is 0 Å². The first-order valence-electron chi connectivity index (χ1n) is 4.99. The van der Waals surface area contributed by atoms with Gasteiger partial charge in [-0.25, -0.2) is 13.2 Å². The van der Waals surface area contributed by atoms with Crippen LogP contribution in [0.1, 0.15) is 11.7 Å². The summed E-state index contributed by atoms with van der Waals surface area (Å²) in [6.45, 7) is 0. The molecule has 0 aliphatic rings. The Hall–Kier alpha value is -2.00. The Bertz CT molecular complexity index is 579. The van der Waals surface area contributed by atoms with Crippen LogP contribution in [0.3, 0.4) is 0 Å². The number of carbonyl (C=O) groups is 1. The Morgan fingerprint density at radius 3 is 2.11 bits per heavy atom. The number of aliphatic carboxylic acids is 1. The minimum Gasteiger partial charge on any atom is -0.476 e. The van der Waals surface area contributed by atoms with Crippen molar-refractivity contribution in [2.75, 3.05) is 6.26 Å². The van der Waals surface area contributed by atoms with E-state index in [1.165, 1.54) is 0 Å². The first-order valence-corrected chi connectivity index (χ1v) is 6.88. The lowest BCUT2D eigenvalue weighted by Gasteiger charge is -2.13. The van der Waals surface area contributed by atoms with Gasteiger partial charge in [-0.1, -0.05) is 12.1 Å². The van der Waals surface area contributed by atoms with Crippen molar-refractivity contribution < 1.29 is 28.3 Å². The number of rotatable bonds is 5. The van der Waals surface area contributed by atoms with Gasteiger partial charge in [0.2, 0.25) is 0 Å². The molecular weight excluding hydrogens is 278 g/mol. The van der Waals surface area contributed by atoms with Crippen LogP contribution in [0.2, 0.25) is 0 Å². The molecule has 0 spiro atoms. The van der Waals surface area contributed by atoms with E-state index in [2.05, 4.69) is 0 Å². The smallest absolute Gasteiger partial charge is 0.382 e. The highest BCUT2D eigenvalue weighted by Gasteiger charge is 2.38. The number of benzene rings is 1. The molecule has 8 nitrogen and oxygen atoms in total. The molecule has 1 aromatic rings. The maximum absolute atomic E-state index is 11.2. The number of hydrogen-bond donors (Lipinski definition) is 2. The third-order valence-corrected chi connectivity index (χ3v) is 3.56.